The number of carbonyl (C=O) groups is 2. The van der Waals surface area contributed by atoms with Gasteiger partial charge in [0.25, 0.3) is 0 Å². The Kier molecular flexibility index (Phi) is 10.9. The Morgan fingerprint density at radius 1 is 0.921 bits per heavy atom. The number of aryl methyl sites for hydroxylation is 1. The van der Waals surface area contributed by atoms with Gasteiger partial charge in [-0.2, -0.15) is 0 Å². The summed E-state index contributed by atoms with van der Waals surface area (Å²) >= 11 is 0. The number of Topliss-reactive ketones (excluding diaryl/α,β-unsaturated/α-hetero) is 1. The van der Waals surface area contributed by atoms with Gasteiger partial charge in [-0.3, -0.25) is 9.59 Å². The van der Waals surface area contributed by atoms with Crippen molar-refractivity contribution < 1.29 is 28.2 Å². The van der Waals surface area contributed by atoms with E-state index in [-0.39, 0.29) is 31.6 Å². The van der Waals surface area contributed by atoms with Gasteiger partial charge < -0.3 is 20.5 Å². The Labute approximate surface area is 222 Å². The minimum Gasteiger partial charge on any atom is -0.497 e. The summed E-state index contributed by atoms with van der Waals surface area (Å²) in [5, 5.41) is 16.8. The Balaban J connectivity index is 1.62. The topological polar surface area (TPSA) is 87.7 Å². The summed E-state index contributed by atoms with van der Waals surface area (Å²) in [6, 6.07) is 17.0. The molecular formula is C30H34F2N2O4. The van der Waals surface area contributed by atoms with Gasteiger partial charge >= 0.3 is 0 Å². The number of aliphatic hydroxyl groups excluding tert-OH is 1. The number of rotatable bonds is 14. The number of aliphatic hydroxyl groups is 1. The van der Waals surface area contributed by atoms with Crippen molar-refractivity contribution >= 4 is 11.7 Å². The van der Waals surface area contributed by atoms with Crippen LogP contribution in [-0.4, -0.2) is 42.6 Å². The molecule has 202 valence electrons. The fourth-order valence-electron chi connectivity index (χ4n) is 4.18. The third-order valence-corrected chi connectivity index (χ3v) is 6.24. The molecule has 0 aromatic heterocycles. The van der Waals surface area contributed by atoms with Crippen LogP contribution in [0.25, 0.3) is 0 Å². The van der Waals surface area contributed by atoms with Crippen molar-refractivity contribution in [1.29, 1.82) is 0 Å². The number of amides is 1. The van der Waals surface area contributed by atoms with Crippen LogP contribution in [0.1, 0.15) is 46.8 Å². The highest BCUT2D eigenvalue weighted by atomic mass is 19.1. The molecule has 3 aromatic carbocycles. The SMILES string of the molecule is CCc1cccc(CNC[C@H](O)[C@H](Cc2cc(F)cc(F)c2)NC(=O)CCC(=O)c2cccc(OC)c2)c1. The summed E-state index contributed by atoms with van der Waals surface area (Å²) in [5.74, 6) is -1.60. The molecule has 0 aliphatic rings. The molecule has 0 radical (unpaired) electrons. The predicted octanol–water partition coefficient (Wildman–Crippen LogP) is 4.38. The molecule has 38 heavy (non-hydrogen) atoms. The van der Waals surface area contributed by atoms with Crippen molar-refractivity contribution in [3.05, 3.63) is 101 Å². The Morgan fingerprint density at radius 3 is 2.34 bits per heavy atom. The lowest BCUT2D eigenvalue weighted by atomic mass is 9.99. The number of ether oxygens (including phenoxy) is 1. The van der Waals surface area contributed by atoms with E-state index in [0.29, 0.717) is 23.4 Å². The zero-order chi connectivity index (χ0) is 27.5. The van der Waals surface area contributed by atoms with E-state index in [9.17, 15) is 23.5 Å². The van der Waals surface area contributed by atoms with Gasteiger partial charge in [-0.15, -0.1) is 0 Å². The van der Waals surface area contributed by atoms with Crippen LogP contribution in [0.3, 0.4) is 0 Å². The molecule has 0 aliphatic heterocycles. The van der Waals surface area contributed by atoms with Crippen LogP contribution in [0.5, 0.6) is 5.75 Å². The summed E-state index contributed by atoms with van der Waals surface area (Å²) in [7, 11) is 1.50. The average Bonchev–Trinajstić information content (AvgIpc) is 2.90. The lowest BCUT2D eigenvalue weighted by Crippen LogP contribution is -2.48. The summed E-state index contributed by atoms with van der Waals surface area (Å²) in [4.78, 5) is 25.3. The van der Waals surface area contributed by atoms with E-state index in [1.165, 1.54) is 24.8 Å². The number of ketones is 1. The molecule has 0 saturated heterocycles. The van der Waals surface area contributed by atoms with Gasteiger partial charge in [-0.25, -0.2) is 8.78 Å². The standard InChI is InChI=1S/C30H34F2N2O4/c1-3-20-6-4-7-21(12-20)18-33-19-29(36)27(15-22-13-24(31)17-25(32)14-22)34-30(37)11-10-28(35)23-8-5-9-26(16-23)38-2/h4-9,12-14,16-17,27,29,33,36H,3,10-11,15,18-19H2,1-2H3,(H,34,37)/t27-,29-/m0/s1. The van der Waals surface area contributed by atoms with Crippen LogP contribution in [0, 0.1) is 11.6 Å². The minimum atomic E-state index is -1.05. The molecule has 1 amide bonds. The first-order chi connectivity index (χ1) is 18.3. The van der Waals surface area contributed by atoms with Crippen molar-refractivity contribution in [3.63, 3.8) is 0 Å². The van der Waals surface area contributed by atoms with E-state index >= 15 is 0 Å². The van der Waals surface area contributed by atoms with Crippen LogP contribution in [0.15, 0.2) is 66.7 Å². The summed E-state index contributed by atoms with van der Waals surface area (Å²) in [5.41, 5.74) is 2.99. The van der Waals surface area contributed by atoms with E-state index in [0.717, 1.165) is 18.1 Å². The monoisotopic (exact) mass is 524 g/mol. The zero-order valence-electron chi connectivity index (χ0n) is 21.7. The Morgan fingerprint density at radius 2 is 1.63 bits per heavy atom. The molecule has 6 nitrogen and oxygen atoms in total. The van der Waals surface area contributed by atoms with Gasteiger partial charge in [-0.1, -0.05) is 43.3 Å². The van der Waals surface area contributed by atoms with Crippen molar-refractivity contribution in [2.45, 2.75) is 51.3 Å². The number of hydrogen-bond donors (Lipinski definition) is 3. The van der Waals surface area contributed by atoms with E-state index in [1.807, 2.05) is 18.2 Å². The maximum atomic E-state index is 13.8. The third kappa shape index (κ3) is 9.04. The predicted molar refractivity (Wildman–Crippen MR) is 142 cm³/mol. The van der Waals surface area contributed by atoms with Gasteiger partial charge in [0.15, 0.2) is 5.78 Å². The van der Waals surface area contributed by atoms with Gasteiger partial charge in [0.1, 0.15) is 17.4 Å². The lowest BCUT2D eigenvalue weighted by molar-refractivity contribution is -0.122. The molecule has 0 aliphatic carbocycles. The smallest absolute Gasteiger partial charge is 0.220 e. The third-order valence-electron chi connectivity index (χ3n) is 6.24. The van der Waals surface area contributed by atoms with Crippen molar-refractivity contribution in [3.8, 4) is 5.75 Å². The number of nitrogens with one attached hydrogen (secondary N) is 2. The molecule has 3 N–H and O–H groups in total. The minimum absolute atomic E-state index is 0.0123. The van der Waals surface area contributed by atoms with Crippen LogP contribution in [0.2, 0.25) is 0 Å². The Hall–Kier alpha value is -3.62. The van der Waals surface area contributed by atoms with E-state index < -0.39 is 29.7 Å². The lowest BCUT2D eigenvalue weighted by Gasteiger charge is -2.25. The number of benzene rings is 3. The second-order valence-electron chi connectivity index (χ2n) is 9.18. The first-order valence-electron chi connectivity index (χ1n) is 12.7. The van der Waals surface area contributed by atoms with Gasteiger partial charge in [0, 0.05) is 37.6 Å². The van der Waals surface area contributed by atoms with Crippen LogP contribution < -0.4 is 15.4 Å². The van der Waals surface area contributed by atoms with Crippen LogP contribution >= 0.6 is 0 Å². The molecule has 0 unspecified atom stereocenters. The molecule has 3 aromatic rings. The first kappa shape index (κ1) is 28.9. The Bertz CT molecular complexity index is 1210. The maximum absolute atomic E-state index is 13.8. The van der Waals surface area contributed by atoms with Crippen LogP contribution in [-0.2, 0) is 24.2 Å². The molecule has 0 heterocycles. The summed E-state index contributed by atoms with van der Waals surface area (Å²) in [6.45, 7) is 2.72. The molecule has 3 rings (SSSR count). The highest BCUT2D eigenvalue weighted by Crippen LogP contribution is 2.16. The molecule has 0 fully saturated rings. The quantitative estimate of drug-likeness (QED) is 0.273. The molecule has 0 saturated carbocycles. The summed E-state index contributed by atoms with van der Waals surface area (Å²) < 4.78 is 32.7. The van der Waals surface area contributed by atoms with E-state index in [4.69, 9.17) is 4.74 Å². The first-order valence-corrected chi connectivity index (χ1v) is 12.7. The molecular weight excluding hydrogens is 490 g/mol. The van der Waals surface area contributed by atoms with E-state index in [2.05, 4.69) is 23.6 Å². The summed E-state index contributed by atoms with van der Waals surface area (Å²) in [6.07, 6.45) is -0.266. The molecule has 8 heteroatoms. The van der Waals surface area contributed by atoms with Gasteiger partial charge in [0.05, 0.1) is 19.3 Å². The number of methoxy groups -OCH3 is 1. The zero-order valence-corrected chi connectivity index (χ0v) is 21.7. The molecule has 2 atom stereocenters. The highest BCUT2D eigenvalue weighted by Gasteiger charge is 2.23. The maximum Gasteiger partial charge on any atom is 0.220 e. The van der Waals surface area contributed by atoms with Crippen LogP contribution in [0.4, 0.5) is 8.78 Å². The second kappa shape index (κ2) is 14.4. The number of carbonyl (C=O) groups excluding carboxylic acids is 2. The molecule has 0 bridgehead atoms. The molecule has 0 spiro atoms. The fourth-order valence-corrected chi connectivity index (χ4v) is 4.18. The van der Waals surface area contributed by atoms with E-state index in [1.54, 1.807) is 24.3 Å². The fraction of sp³-hybridized carbons (Fsp3) is 0.333. The normalized spacial score (nSPS) is 12.6. The highest BCUT2D eigenvalue weighted by molar-refractivity contribution is 5.98. The number of hydrogen-bond acceptors (Lipinski definition) is 5. The average molecular weight is 525 g/mol. The van der Waals surface area contributed by atoms with Crippen molar-refractivity contribution in [2.75, 3.05) is 13.7 Å². The van der Waals surface area contributed by atoms with Crippen molar-refractivity contribution in [1.82, 2.24) is 10.6 Å². The van der Waals surface area contributed by atoms with Crippen molar-refractivity contribution in [2.24, 2.45) is 0 Å². The second-order valence-corrected chi connectivity index (χ2v) is 9.18. The largest absolute Gasteiger partial charge is 0.497 e. The number of halogens is 2. The van der Waals surface area contributed by atoms with Gasteiger partial charge in [-0.05, 0) is 53.8 Å². The van der Waals surface area contributed by atoms with Gasteiger partial charge in [0.2, 0.25) is 5.91 Å².